The molecule has 0 bridgehead atoms. The molecule has 132 valence electrons. The summed E-state index contributed by atoms with van der Waals surface area (Å²) in [6, 6.07) is 7.78. The summed E-state index contributed by atoms with van der Waals surface area (Å²) in [5.74, 6) is -0.167. The second-order valence-electron chi connectivity index (χ2n) is 6.04. The van der Waals surface area contributed by atoms with E-state index in [1.165, 1.54) is 0 Å². The number of benzene rings is 1. The molecule has 0 aliphatic carbocycles. The van der Waals surface area contributed by atoms with Crippen LogP contribution in [0, 0.1) is 0 Å². The first-order valence-electron chi connectivity index (χ1n) is 8.47. The monoisotopic (exact) mass is 341 g/mol. The fourth-order valence-corrected chi connectivity index (χ4v) is 3.25. The number of carbonyl (C=O) groups is 1. The number of aromatic nitrogens is 2. The number of aryl methyl sites for hydroxylation is 2. The standard InChI is InChI=1S/C19H23N3O3/c1-4-22-12-14(18(23)20-10-7-11-25-3)16-13-8-5-6-9-15(13)21(2)17(16)19(22)24/h5-6,8-9,12H,4,7,10-11H2,1-3H3,(H,20,23). The number of rotatable bonds is 6. The van der Waals surface area contributed by atoms with E-state index in [-0.39, 0.29) is 11.5 Å². The number of pyridine rings is 1. The van der Waals surface area contributed by atoms with E-state index in [9.17, 15) is 9.59 Å². The molecule has 6 heteroatoms. The quantitative estimate of drug-likeness (QED) is 0.700. The Bertz CT molecular complexity index is 985. The van der Waals surface area contributed by atoms with Gasteiger partial charge in [-0.25, -0.2) is 0 Å². The van der Waals surface area contributed by atoms with Crippen molar-refractivity contribution in [3.05, 3.63) is 46.4 Å². The van der Waals surface area contributed by atoms with Gasteiger partial charge in [0.1, 0.15) is 5.52 Å². The number of hydrogen-bond acceptors (Lipinski definition) is 3. The van der Waals surface area contributed by atoms with E-state index in [2.05, 4.69) is 5.32 Å². The van der Waals surface area contributed by atoms with Gasteiger partial charge in [0.05, 0.1) is 5.56 Å². The van der Waals surface area contributed by atoms with E-state index in [0.717, 1.165) is 22.7 Å². The van der Waals surface area contributed by atoms with E-state index in [0.29, 0.717) is 30.8 Å². The fourth-order valence-electron chi connectivity index (χ4n) is 3.25. The molecule has 1 N–H and O–H groups in total. The lowest BCUT2D eigenvalue weighted by Crippen LogP contribution is -2.28. The zero-order valence-electron chi connectivity index (χ0n) is 14.8. The van der Waals surface area contributed by atoms with E-state index >= 15 is 0 Å². The summed E-state index contributed by atoms with van der Waals surface area (Å²) in [6.07, 6.45) is 2.41. The van der Waals surface area contributed by atoms with Crippen molar-refractivity contribution < 1.29 is 9.53 Å². The first kappa shape index (κ1) is 17.2. The van der Waals surface area contributed by atoms with Crippen molar-refractivity contribution in [1.29, 1.82) is 0 Å². The molecule has 0 aliphatic heterocycles. The lowest BCUT2D eigenvalue weighted by atomic mass is 10.1. The van der Waals surface area contributed by atoms with Crippen LogP contribution >= 0.6 is 0 Å². The Morgan fingerprint density at radius 1 is 1.28 bits per heavy atom. The minimum atomic E-state index is -0.167. The average Bonchev–Trinajstić information content (AvgIpc) is 2.93. The number of amides is 1. The zero-order chi connectivity index (χ0) is 18.0. The van der Waals surface area contributed by atoms with Crippen LogP contribution in [0.3, 0.4) is 0 Å². The van der Waals surface area contributed by atoms with Crippen molar-refractivity contribution in [1.82, 2.24) is 14.5 Å². The largest absolute Gasteiger partial charge is 0.385 e. The Hall–Kier alpha value is -2.60. The highest BCUT2D eigenvalue weighted by atomic mass is 16.5. The van der Waals surface area contributed by atoms with Crippen LogP contribution in [0.2, 0.25) is 0 Å². The molecule has 3 aromatic rings. The van der Waals surface area contributed by atoms with Crippen LogP contribution in [0.4, 0.5) is 0 Å². The first-order valence-corrected chi connectivity index (χ1v) is 8.47. The van der Waals surface area contributed by atoms with Gasteiger partial charge < -0.3 is 19.2 Å². The normalized spacial score (nSPS) is 11.3. The Morgan fingerprint density at radius 3 is 2.76 bits per heavy atom. The molecular weight excluding hydrogens is 318 g/mol. The van der Waals surface area contributed by atoms with Gasteiger partial charge in [-0.3, -0.25) is 9.59 Å². The van der Waals surface area contributed by atoms with Gasteiger partial charge in [0.2, 0.25) is 0 Å². The van der Waals surface area contributed by atoms with Crippen LogP contribution in [0.5, 0.6) is 0 Å². The van der Waals surface area contributed by atoms with Gasteiger partial charge in [-0.15, -0.1) is 0 Å². The Kier molecular flexibility index (Phi) is 4.90. The summed E-state index contributed by atoms with van der Waals surface area (Å²) in [7, 11) is 3.50. The molecule has 3 rings (SSSR count). The van der Waals surface area contributed by atoms with Crippen molar-refractivity contribution in [3.63, 3.8) is 0 Å². The van der Waals surface area contributed by atoms with Gasteiger partial charge in [-0.05, 0) is 19.4 Å². The van der Waals surface area contributed by atoms with Gasteiger partial charge in [-0.1, -0.05) is 18.2 Å². The summed E-state index contributed by atoms with van der Waals surface area (Å²) in [5, 5.41) is 4.57. The van der Waals surface area contributed by atoms with Gasteiger partial charge in [0, 0.05) is 56.3 Å². The maximum atomic E-state index is 12.8. The Labute approximate surface area is 146 Å². The molecule has 25 heavy (non-hydrogen) atoms. The van der Waals surface area contributed by atoms with Crippen molar-refractivity contribution in [2.45, 2.75) is 19.9 Å². The zero-order valence-corrected chi connectivity index (χ0v) is 14.8. The minimum Gasteiger partial charge on any atom is -0.385 e. The molecule has 0 radical (unpaired) electrons. The van der Waals surface area contributed by atoms with Crippen molar-refractivity contribution in [2.24, 2.45) is 7.05 Å². The number of ether oxygens (including phenoxy) is 1. The molecule has 0 atom stereocenters. The molecule has 2 heterocycles. The number of fused-ring (bicyclic) bond motifs is 3. The number of para-hydroxylation sites is 1. The minimum absolute atomic E-state index is 0.0767. The maximum Gasteiger partial charge on any atom is 0.275 e. The third-order valence-corrected chi connectivity index (χ3v) is 4.52. The van der Waals surface area contributed by atoms with E-state index in [1.807, 2.05) is 42.8 Å². The smallest absolute Gasteiger partial charge is 0.275 e. The van der Waals surface area contributed by atoms with Gasteiger partial charge in [-0.2, -0.15) is 0 Å². The highest BCUT2D eigenvalue weighted by Gasteiger charge is 2.20. The molecule has 1 aromatic carbocycles. The average molecular weight is 341 g/mol. The van der Waals surface area contributed by atoms with Crippen LogP contribution in [0.1, 0.15) is 23.7 Å². The summed E-state index contributed by atoms with van der Waals surface area (Å²) >= 11 is 0. The summed E-state index contributed by atoms with van der Waals surface area (Å²) < 4.78 is 8.48. The predicted molar refractivity (Wildman–Crippen MR) is 99.2 cm³/mol. The molecule has 0 aliphatic rings. The van der Waals surface area contributed by atoms with Gasteiger partial charge >= 0.3 is 0 Å². The second-order valence-corrected chi connectivity index (χ2v) is 6.04. The van der Waals surface area contributed by atoms with E-state index in [1.54, 1.807) is 17.9 Å². The molecule has 0 unspecified atom stereocenters. The van der Waals surface area contributed by atoms with Crippen LogP contribution < -0.4 is 10.9 Å². The molecule has 0 saturated heterocycles. The highest BCUT2D eigenvalue weighted by Crippen LogP contribution is 2.28. The molecule has 1 amide bonds. The van der Waals surface area contributed by atoms with Gasteiger partial charge in [0.25, 0.3) is 11.5 Å². The topological polar surface area (TPSA) is 65.3 Å². The summed E-state index contributed by atoms with van der Waals surface area (Å²) in [5.41, 5.74) is 1.96. The van der Waals surface area contributed by atoms with Crippen LogP contribution in [-0.4, -0.2) is 35.3 Å². The number of carbonyl (C=O) groups excluding carboxylic acids is 1. The fraction of sp³-hybridized carbons (Fsp3) is 0.368. The third-order valence-electron chi connectivity index (χ3n) is 4.52. The highest BCUT2D eigenvalue weighted by molar-refractivity contribution is 6.17. The van der Waals surface area contributed by atoms with Crippen molar-refractivity contribution in [3.8, 4) is 0 Å². The number of hydrogen-bond donors (Lipinski definition) is 1. The lowest BCUT2D eigenvalue weighted by Gasteiger charge is -2.10. The maximum absolute atomic E-state index is 12.8. The lowest BCUT2D eigenvalue weighted by molar-refractivity contribution is 0.0949. The second kappa shape index (κ2) is 7.11. The van der Waals surface area contributed by atoms with Gasteiger partial charge in [0.15, 0.2) is 0 Å². The molecule has 0 fully saturated rings. The van der Waals surface area contributed by atoms with Crippen LogP contribution in [0.15, 0.2) is 35.3 Å². The van der Waals surface area contributed by atoms with Crippen molar-refractivity contribution in [2.75, 3.05) is 20.3 Å². The first-order chi connectivity index (χ1) is 12.1. The van der Waals surface area contributed by atoms with Crippen LogP contribution in [0.25, 0.3) is 21.8 Å². The molecular formula is C19H23N3O3. The Balaban J connectivity index is 2.20. The van der Waals surface area contributed by atoms with Crippen LogP contribution in [-0.2, 0) is 18.3 Å². The molecule has 0 spiro atoms. The number of nitrogens with one attached hydrogen (secondary N) is 1. The van der Waals surface area contributed by atoms with E-state index in [4.69, 9.17) is 4.74 Å². The SMILES string of the molecule is CCn1cc(C(=O)NCCCOC)c2c3ccccc3n(C)c2c1=O. The van der Waals surface area contributed by atoms with Crippen molar-refractivity contribution >= 4 is 27.7 Å². The molecule has 2 aromatic heterocycles. The molecule has 0 saturated carbocycles. The number of nitrogens with zero attached hydrogens (tertiary/aromatic N) is 2. The number of methoxy groups -OCH3 is 1. The van der Waals surface area contributed by atoms with E-state index < -0.39 is 0 Å². The third kappa shape index (κ3) is 2.93. The summed E-state index contributed by atoms with van der Waals surface area (Å²) in [6.45, 7) is 3.54. The predicted octanol–water partition coefficient (Wildman–Crippen LogP) is 2.28. The summed E-state index contributed by atoms with van der Waals surface area (Å²) in [4.78, 5) is 25.6. The molecule has 6 nitrogen and oxygen atoms in total. The Morgan fingerprint density at radius 2 is 2.04 bits per heavy atom.